The van der Waals surface area contributed by atoms with Gasteiger partial charge in [0.05, 0.1) is 0 Å². The third kappa shape index (κ3) is 1.06. The van der Waals surface area contributed by atoms with E-state index in [0.29, 0.717) is 0 Å². The monoisotopic (exact) mass is 187 g/mol. The molecule has 0 radical (unpaired) electrons. The van der Waals surface area contributed by atoms with Crippen LogP contribution < -0.4 is 0 Å². The van der Waals surface area contributed by atoms with E-state index in [1.807, 2.05) is 0 Å². The molecule has 64 valence electrons. The number of aromatic nitrogens is 2. The van der Waals surface area contributed by atoms with E-state index in [0.717, 1.165) is 12.8 Å². The predicted octanol–water partition coefficient (Wildman–Crippen LogP) is 1.78. The summed E-state index contributed by atoms with van der Waals surface area (Å²) < 4.78 is 1.47. The average molecular weight is 188 g/mol. The topological polar surface area (TPSA) is 61.0 Å². The van der Waals surface area contributed by atoms with Gasteiger partial charge in [-0.1, -0.05) is 0 Å². The molecule has 0 bridgehead atoms. The van der Waals surface area contributed by atoms with Crippen molar-refractivity contribution >= 4 is 17.4 Å². The average Bonchev–Trinajstić information content (AvgIpc) is 2.75. The van der Waals surface area contributed by atoms with Gasteiger partial charge in [-0.25, -0.2) is 0 Å². The minimum Gasteiger partial charge on any atom is -0.358 e. The summed E-state index contributed by atoms with van der Waals surface area (Å²) >= 11 is 5.67. The first-order valence-electron chi connectivity index (χ1n) is 3.57. The van der Waals surface area contributed by atoms with E-state index in [1.54, 1.807) is 0 Å². The van der Waals surface area contributed by atoms with Gasteiger partial charge >= 0.3 is 5.82 Å². The molecule has 1 aliphatic rings. The zero-order valence-electron chi connectivity index (χ0n) is 6.11. The molecule has 2 rings (SSSR count). The third-order valence-corrected chi connectivity index (χ3v) is 2.11. The Balaban J connectivity index is 2.46. The summed E-state index contributed by atoms with van der Waals surface area (Å²) in [6.07, 6.45) is 3.11. The van der Waals surface area contributed by atoms with Gasteiger partial charge in [0, 0.05) is 0 Å². The van der Waals surface area contributed by atoms with Crippen LogP contribution in [-0.2, 0) is 0 Å². The maximum absolute atomic E-state index is 10.5. The lowest BCUT2D eigenvalue weighted by Crippen LogP contribution is -2.00. The molecule has 0 aliphatic heterocycles. The quantitative estimate of drug-likeness (QED) is 0.524. The van der Waals surface area contributed by atoms with Gasteiger partial charge < -0.3 is 10.1 Å². The van der Waals surface area contributed by atoms with Crippen molar-refractivity contribution in [2.45, 2.75) is 18.9 Å². The SMILES string of the molecule is O=[N+]([O-])c1cnc(Cl)n1C1CC1. The fourth-order valence-electron chi connectivity index (χ4n) is 1.14. The minimum atomic E-state index is -0.461. The summed E-state index contributed by atoms with van der Waals surface area (Å²) in [6.45, 7) is 0. The smallest absolute Gasteiger partial charge is 0.344 e. The van der Waals surface area contributed by atoms with E-state index in [-0.39, 0.29) is 17.1 Å². The van der Waals surface area contributed by atoms with Crippen LogP contribution in [0.3, 0.4) is 0 Å². The molecule has 12 heavy (non-hydrogen) atoms. The summed E-state index contributed by atoms with van der Waals surface area (Å²) in [6, 6.07) is 0.195. The summed E-state index contributed by atoms with van der Waals surface area (Å²) in [5.41, 5.74) is 0. The molecule has 6 heteroatoms. The second-order valence-corrected chi connectivity index (χ2v) is 3.08. The van der Waals surface area contributed by atoms with Crippen LogP contribution in [0, 0.1) is 10.1 Å². The summed E-state index contributed by atoms with van der Waals surface area (Å²) in [7, 11) is 0. The van der Waals surface area contributed by atoms with Gasteiger partial charge in [-0.15, -0.1) is 0 Å². The maximum Gasteiger partial charge on any atom is 0.344 e. The van der Waals surface area contributed by atoms with E-state index in [9.17, 15) is 10.1 Å². The van der Waals surface area contributed by atoms with E-state index in [1.165, 1.54) is 10.8 Å². The van der Waals surface area contributed by atoms with Crippen LogP contribution in [0.1, 0.15) is 18.9 Å². The van der Waals surface area contributed by atoms with Crippen LogP contribution in [0.4, 0.5) is 5.82 Å². The molecule has 5 nitrogen and oxygen atoms in total. The number of nitrogens with zero attached hydrogens (tertiary/aromatic N) is 3. The number of nitro groups is 1. The van der Waals surface area contributed by atoms with Crippen molar-refractivity contribution in [3.63, 3.8) is 0 Å². The standard InChI is InChI=1S/C6H6ClN3O2/c7-6-8-3-5(10(11)12)9(6)4-1-2-4/h3-4H,1-2H2. The lowest BCUT2D eigenvalue weighted by molar-refractivity contribution is -0.392. The summed E-state index contributed by atoms with van der Waals surface area (Å²) in [5, 5.41) is 10.7. The number of hydrogen-bond donors (Lipinski definition) is 0. The fourth-order valence-corrected chi connectivity index (χ4v) is 1.41. The molecule has 1 aromatic heterocycles. The summed E-state index contributed by atoms with van der Waals surface area (Å²) in [4.78, 5) is 13.7. The van der Waals surface area contributed by atoms with Crippen LogP contribution in [0.2, 0.25) is 5.28 Å². The number of rotatable bonds is 2. The van der Waals surface area contributed by atoms with Gasteiger partial charge in [0.2, 0.25) is 0 Å². The van der Waals surface area contributed by atoms with Crippen molar-refractivity contribution in [2.75, 3.05) is 0 Å². The first kappa shape index (κ1) is 7.54. The van der Waals surface area contributed by atoms with Gasteiger partial charge in [0.1, 0.15) is 12.2 Å². The van der Waals surface area contributed by atoms with Crippen LogP contribution >= 0.6 is 11.6 Å². The van der Waals surface area contributed by atoms with Gasteiger partial charge in [0.15, 0.2) is 0 Å². The van der Waals surface area contributed by atoms with E-state index in [2.05, 4.69) is 4.98 Å². The van der Waals surface area contributed by atoms with Crippen molar-refractivity contribution in [2.24, 2.45) is 0 Å². The Labute approximate surface area is 73.1 Å². The number of hydrogen-bond acceptors (Lipinski definition) is 3. The highest BCUT2D eigenvalue weighted by molar-refractivity contribution is 6.28. The molecular weight excluding hydrogens is 182 g/mol. The number of halogens is 1. The van der Waals surface area contributed by atoms with Crippen molar-refractivity contribution < 1.29 is 4.92 Å². The van der Waals surface area contributed by atoms with Crippen molar-refractivity contribution in [3.05, 3.63) is 21.6 Å². The molecule has 1 fully saturated rings. The first-order chi connectivity index (χ1) is 5.70. The van der Waals surface area contributed by atoms with Crippen LogP contribution in [0.25, 0.3) is 0 Å². The maximum atomic E-state index is 10.5. The fraction of sp³-hybridized carbons (Fsp3) is 0.500. The molecule has 1 aliphatic carbocycles. The minimum absolute atomic E-state index is 0.0116. The Morgan fingerprint density at radius 2 is 2.42 bits per heavy atom. The molecule has 1 aromatic rings. The van der Waals surface area contributed by atoms with Gasteiger partial charge in [0.25, 0.3) is 5.28 Å². The normalized spacial score (nSPS) is 16.4. The molecule has 0 saturated heterocycles. The molecule has 0 atom stereocenters. The largest absolute Gasteiger partial charge is 0.358 e. The van der Waals surface area contributed by atoms with Crippen LogP contribution in [0.15, 0.2) is 6.20 Å². The second kappa shape index (κ2) is 2.45. The second-order valence-electron chi connectivity index (χ2n) is 2.74. The molecule has 1 heterocycles. The summed E-state index contributed by atoms with van der Waals surface area (Å²) in [5.74, 6) is -0.0116. The Hall–Kier alpha value is -1.10. The predicted molar refractivity (Wildman–Crippen MR) is 42.2 cm³/mol. The molecule has 0 unspecified atom stereocenters. The van der Waals surface area contributed by atoms with Crippen molar-refractivity contribution in [3.8, 4) is 0 Å². The van der Waals surface area contributed by atoms with Crippen LogP contribution in [0.5, 0.6) is 0 Å². The Morgan fingerprint density at radius 1 is 1.75 bits per heavy atom. The zero-order valence-corrected chi connectivity index (χ0v) is 6.86. The molecular formula is C6H6ClN3O2. The Morgan fingerprint density at radius 3 is 2.92 bits per heavy atom. The molecule has 1 saturated carbocycles. The molecule has 0 amide bonds. The van der Waals surface area contributed by atoms with Crippen molar-refractivity contribution in [1.29, 1.82) is 0 Å². The zero-order chi connectivity index (χ0) is 8.72. The van der Waals surface area contributed by atoms with E-state index < -0.39 is 4.92 Å². The Kier molecular flexibility index (Phi) is 1.54. The van der Waals surface area contributed by atoms with Gasteiger partial charge in [-0.05, 0) is 29.4 Å². The Bertz CT molecular complexity index is 332. The van der Waals surface area contributed by atoms with Crippen LogP contribution in [-0.4, -0.2) is 14.5 Å². The highest BCUT2D eigenvalue weighted by Crippen LogP contribution is 2.40. The lowest BCUT2D eigenvalue weighted by Gasteiger charge is -1.97. The first-order valence-corrected chi connectivity index (χ1v) is 3.95. The van der Waals surface area contributed by atoms with E-state index >= 15 is 0 Å². The molecule has 0 N–H and O–H groups in total. The highest BCUT2D eigenvalue weighted by atomic mass is 35.5. The lowest BCUT2D eigenvalue weighted by atomic mass is 10.6. The highest BCUT2D eigenvalue weighted by Gasteiger charge is 2.35. The molecule has 0 spiro atoms. The van der Waals surface area contributed by atoms with Gasteiger partial charge in [-0.3, -0.25) is 0 Å². The van der Waals surface area contributed by atoms with Crippen molar-refractivity contribution in [1.82, 2.24) is 9.55 Å². The van der Waals surface area contributed by atoms with Gasteiger partial charge in [-0.2, -0.15) is 9.55 Å². The molecule has 0 aromatic carbocycles. The van der Waals surface area contributed by atoms with E-state index in [4.69, 9.17) is 11.6 Å². The third-order valence-electron chi connectivity index (χ3n) is 1.83. The number of imidazole rings is 1.